The number of hydrogen-bond donors (Lipinski definition) is 1. The monoisotopic (exact) mass is 256 g/mol. The molecule has 98 valence electrons. The molecule has 2 rings (SSSR count). The van der Waals surface area contributed by atoms with Crippen molar-refractivity contribution in [3.8, 4) is 0 Å². The highest BCUT2D eigenvalue weighted by molar-refractivity contribution is 7.98. The van der Waals surface area contributed by atoms with E-state index in [1.165, 1.54) is 32.1 Å². The lowest BCUT2D eigenvalue weighted by Crippen LogP contribution is -2.63. The fourth-order valence-electron chi connectivity index (χ4n) is 3.21. The predicted octanol–water partition coefficient (Wildman–Crippen LogP) is 1.87. The van der Waals surface area contributed by atoms with E-state index in [1.54, 1.807) is 11.8 Å². The lowest BCUT2D eigenvalue weighted by Gasteiger charge is -2.50. The third-order valence-corrected chi connectivity index (χ3v) is 4.76. The molecule has 0 aromatic heterocycles. The number of amides is 1. The van der Waals surface area contributed by atoms with Crippen molar-refractivity contribution in [1.82, 2.24) is 10.2 Å². The number of rotatable bonds is 3. The summed E-state index contributed by atoms with van der Waals surface area (Å²) in [5.41, 5.74) is 0.159. The molecule has 1 heterocycles. The first-order chi connectivity index (χ1) is 8.28. The average molecular weight is 256 g/mol. The standard InChI is InChI=1S/C13H24N2OS/c1-17-10-5-12(16)15-9-8-14-11-13(15)6-3-2-4-7-13/h14H,2-11H2,1H3. The van der Waals surface area contributed by atoms with E-state index < -0.39 is 0 Å². The summed E-state index contributed by atoms with van der Waals surface area (Å²) in [7, 11) is 0. The van der Waals surface area contributed by atoms with E-state index in [1.807, 2.05) is 0 Å². The van der Waals surface area contributed by atoms with Crippen molar-refractivity contribution >= 4 is 17.7 Å². The molecule has 0 radical (unpaired) electrons. The topological polar surface area (TPSA) is 32.3 Å². The van der Waals surface area contributed by atoms with E-state index in [2.05, 4.69) is 16.5 Å². The molecule has 0 aromatic carbocycles. The Balaban J connectivity index is 2.03. The molecule has 1 amide bonds. The van der Waals surface area contributed by atoms with Crippen LogP contribution in [0.5, 0.6) is 0 Å². The smallest absolute Gasteiger partial charge is 0.223 e. The molecule has 1 aliphatic carbocycles. The third-order valence-electron chi connectivity index (χ3n) is 4.14. The fourth-order valence-corrected chi connectivity index (χ4v) is 3.59. The molecule has 4 heteroatoms. The highest BCUT2D eigenvalue weighted by Gasteiger charge is 2.41. The van der Waals surface area contributed by atoms with Crippen molar-refractivity contribution in [2.45, 2.75) is 44.1 Å². The second-order valence-electron chi connectivity index (χ2n) is 5.25. The zero-order valence-electron chi connectivity index (χ0n) is 10.8. The minimum absolute atomic E-state index is 0.159. The first kappa shape index (κ1) is 13.2. The number of thioether (sulfide) groups is 1. The van der Waals surface area contributed by atoms with E-state index in [0.717, 1.165) is 25.4 Å². The molecule has 0 unspecified atom stereocenters. The van der Waals surface area contributed by atoms with Gasteiger partial charge in [-0.1, -0.05) is 19.3 Å². The first-order valence-corrected chi connectivity index (χ1v) is 8.18. The van der Waals surface area contributed by atoms with Gasteiger partial charge in [0.05, 0.1) is 5.54 Å². The van der Waals surface area contributed by atoms with Crippen LogP contribution in [0, 0.1) is 0 Å². The van der Waals surface area contributed by atoms with Gasteiger partial charge in [-0.15, -0.1) is 0 Å². The second kappa shape index (κ2) is 6.10. The first-order valence-electron chi connectivity index (χ1n) is 6.79. The summed E-state index contributed by atoms with van der Waals surface area (Å²) in [6.07, 6.45) is 9.09. The van der Waals surface area contributed by atoms with E-state index >= 15 is 0 Å². The Morgan fingerprint density at radius 2 is 2.12 bits per heavy atom. The summed E-state index contributed by atoms with van der Waals surface area (Å²) < 4.78 is 0. The van der Waals surface area contributed by atoms with Gasteiger partial charge in [0.15, 0.2) is 0 Å². The van der Waals surface area contributed by atoms with Crippen molar-refractivity contribution in [1.29, 1.82) is 0 Å². The van der Waals surface area contributed by atoms with E-state index in [-0.39, 0.29) is 5.54 Å². The Morgan fingerprint density at radius 1 is 1.35 bits per heavy atom. The number of hydrogen-bond acceptors (Lipinski definition) is 3. The van der Waals surface area contributed by atoms with Crippen LogP contribution in [0.3, 0.4) is 0 Å². The molecule has 0 atom stereocenters. The van der Waals surface area contributed by atoms with Gasteiger partial charge in [-0.3, -0.25) is 4.79 Å². The van der Waals surface area contributed by atoms with Gasteiger partial charge < -0.3 is 10.2 Å². The molecule has 1 spiro atoms. The molecular formula is C13H24N2OS. The van der Waals surface area contributed by atoms with Crippen molar-refractivity contribution in [3.05, 3.63) is 0 Å². The zero-order chi connectivity index (χ0) is 12.1. The molecule has 1 saturated heterocycles. The Hall–Kier alpha value is -0.220. The molecule has 0 aromatic rings. The van der Waals surface area contributed by atoms with Gasteiger partial charge in [-0.2, -0.15) is 11.8 Å². The summed E-state index contributed by atoms with van der Waals surface area (Å²) in [6.45, 7) is 2.89. The fraction of sp³-hybridized carbons (Fsp3) is 0.923. The lowest BCUT2D eigenvalue weighted by atomic mass is 9.79. The Bertz CT molecular complexity index is 256. The van der Waals surface area contributed by atoms with Gasteiger partial charge in [-0.05, 0) is 19.1 Å². The molecule has 0 bridgehead atoms. The molecular weight excluding hydrogens is 232 g/mol. The van der Waals surface area contributed by atoms with Gasteiger partial charge >= 0.3 is 0 Å². The predicted molar refractivity (Wildman–Crippen MR) is 73.4 cm³/mol. The van der Waals surface area contributed by atoms with Crippen LogP contribution in [0.2, 0.25) is 0 Å². The SMILES string of the molecule is CSCCC(=O)N1CCNCC12CCCCC2. The molecule has 1 aliphatic heterocycles. The average Bonchev–Trinajstić information content (AvgIpc) is 2.37. The summed E-state index contributed by atoms with van der Waals surface area (Å²) >= 11 is 1.77. The summed E-state index contributed by atoms with van der Waals surface area (Å²) in [4.78, 5) is 14.5. The largest absolute Gasteiger partial charge is 0.334 e. The lowest BCUT2D eigenvalue weighted by molar-refractivity contribution is -0.140. The maximum atomic E-state index is 12.3. The quantitative estimate of drug-likeness (QED) is 0.837. The maximum Gasteiger partial charge on any atom is 0.223 e. The van der Waals surface area contributed by atoms with Crippen molar-refractivity contribution < 1.29 is 4.79 Å². The van der Waals surface area contributed by atoms with Crippen LogP contribution in [-0.2, 0) is 4.79 Å². The molecule has 3 nitrogen and oxygen atoms in total. The van der Waals surface area contributed by atoms with Crippen LogP contribution in [0.4, 0.5) is 0 Å². The van der Waals surface area contributed by atoms with Gasteiger partial charge in [0, 0.05) is 31.8 Å². The van der Waals surface area contributed by atoms with Gasteiger partial charge in [0.2, 0.25) is 5.91 Å². The van der Waals surface area contributed by atoms with Crippen molar-refractivity contribution in [2.75, 3.05) is 31.6 Å². The summed E-state index contributed by atoms with van der Waals surface area (Å²) in [5.74, 6) is 1.33. The third kappa shape index (κ3) is 2.97. The molecule has 1 saturated carbocycles. The molecule has 1 N–H and O–H groups in total. The Kier molecular flexibility index (Phi) is 4.74. The van der Waals surface area contributed by atoms with Crippen LogP contribution < -0.4 is 5.32 Å². The number of piperazine rings is 1. The Morgan fingerprint density at radius 3 is 2.82 bits per heavy atom. The minimum Gasteiger partial charge on any atom is -0.334 e. The number of nitrogens with zero attached hydrogens (tertiary/aromatic N) is 1. The summed E-state index contributed by atoms with van der Waals surface area (Å²) in [5, 5.41) is 3.49. The van der Waals surface area contributed by atoms with Crippen LogP contribution in [-0.4, -0.2) is 48.0 Å². The van der Waals surface area contributed by atoms with Crippen LogP contribution >= 0.6 is 11.8 Å². The van der Waals surface area contributed by atoms with E-state index in [4.69, 9.17) is 0 Å². The zero-order valence-corrected chi connectivity index (χ0v) is 11.7. The van der Waals surface area contributed by atoms with Crippen LogP contribution in [0.25, 0.3) is 0 Å². The van der Waals surface area contributed by atoms with Crippen LogP contribution in [0.1, 0.15) is 38.5 Å². The second-order valence-corrected chi connectivity index (χ2v) is 6.24. The number of carbonyl (C=O) groups excluding carboxylic acids is 1. The van der Waals surface area contributed by atoms with Crippen molar-refractivity contribution in [2.24, 2.45) is 0 Å². The minimum atomic E-state index is 0.159. The van der Waals surface area contributed by atoms with Crippen molar-refractivity contribution in [3.63, 3.8) is 0 Å². The van der Waals surface area contributed by atoms with E-state index in [0.29, 0.717) is 12.3 Å². The maximum absolute atomic E-state index is 12.3. The Labute approximate surface area is 109 Å². The number of carbonyl (C=O) groups is 1. The summed E-state index contributed by atoms with van der Waals surface area (Å²) in [6, 6.07) is 0. The van der Waals surface area contributed by atoms with Gasteiger partial charge in [0.1, 0.15) is 0 Å². The van der Waals surface area contributed by atoms with Crippen LogP contribution in [0.15, 0.2) is 0 Å². The molecule has 2 fully saturated rings. The number of nitrogens with one attached hydrogen (secondary N) is 1. The van der Waals surface area contributed by atoms with Gasteiger partial charge in [-0.25, -0.2) is 0 Å². The molecule has 17 heavy (non-hydrogen) atoms. The van der Waals surface area contributed by atoms with Gasteiger partial charge in [0.25, 0.3) is 0 Å². The highest BCUT2D eigenvalue weighted by atomic mass is 32.2. The van der Waals surface area contributed by atoms with E-state index in [9.17, 15) is 4.79 Å². The highest BCUT2D eigenvalue weighted by Crippen LogP contribution is 2.35. The molecule has 2 aliphatic rings. The normalized spacial score (nSPS) is 23.9.